The van der Waals surface area contributed by atoms with E-state index in [1.54, 1.807) is 36.4 Å². The van der Waals surface area contributed by atoms with Crippen LogP contribution in [0.3, 0.4) is 0 Å². The Kier molecular flexibility index (Phi) is 5.71. The number of hydrogen-bond donors (Lipinski definition) is 0. The first-order valence-electron chi connectivity index (χ1n) is 8.75. The number of nitrogens with zero attached hydrogens (tertiary/aromatic N) is 1. The van der Waals surface area contributed by atoms with Crippen LogP contribution in [0.2, 0.25) is 0 Å². The summed E-state index contributed by atoms with van der Waals surface area (Å²) in [5.74, 6) is 0. The molecule has 2 aromatic rings. The van der Waals surface area contributed by atoms with Gasteiger partial charge in [-0.25, -0.2) is 8.42 Å². The zero-order valence-electron chi connectivity index (χ0n) is 15.3. The van der Waals surface area contributed by atoms with Crippen molar-refractivity contribution in [3.05, 3.63) is 59.7 Å². The third-order valence-corrected chi connectivity index (χ3v) is 7.94. The Morgan fingerprint density at radius 2 is 1.41 bits per heavy atom. The molecule has 0 N–H and O–H groups in total. The van der Waals surface area contributed by atoms with E-state index in [1.807, 2.05) is 13.8 Å². The maximum atomic E-state index is 12.9. The van der Waals surface area contributed by atoms with Gasteiger partial charge in [-0.2, -0.15) is 12.7 Å². The van der Waals surface area contributed by atoms with Crippen LogP contribution < -0.4 is 0 Å². The fourth-order valence-corrected chi connectivity index (χ4v) is 5.70. The van der Waals surface area contributed by atoms with Gasteiger partial charge in [0.1, 0.15) is 0 Å². The van der Waals surface area contributed by atoms with Crippen molar-refractivity contribution in [3.63, 3.8) is 0 Å². The van der Waals surface area contributed by atoms with E-state index in [4.69, 9.17) is 4.18 Å². The van der Waals surface area contributed by atoms with Crippen molar-refractivity contribution >= 4 is 20.1 Å². The average molecular weight is 410 g/mol. The molecule has 1 fully saturated rings. The molecule has 0 radical (unpaired) electrons. The van der Waals surface area contributed by atoms with Crippen molar-refractivity contribution in [2.75, 3.05) is 13.2 Å². The molecule has 1 atom stereocenters. The van der Waals surface area contributed by atoms with Gasteiger partial charge < -0.3 is 0 Å². The van der Waals surface area contributed by atoms with Gasteiger partial charge in [0.2, 0.25) is 10.0 Å². The Morgan fingerprint density at radius 1 is 0.889 bits per heavy atom. The maximum absolute atomic E-state index is 12.9. The lowest BCUT2D eigenvalue weighted by Gasteiger charge is -2.24. The molecule has 3 rings (SSSR count). The number of aryl methyl sites for hydroxylation is 2. The van der Waals surface area contributed by atoms with Crippen LogP contribution in [0, 0.1) is 13.8 Å². The lowest BCUT2D eigenvalue weighted by Crippen LogP contribution is -2.38. The highest BCUT2D eigenvalue weighted by atomic mass is 32.2. The predicted molar refractivity (Wildman–Crippen MR) is 102 cm³/mol. The zero-order valence-corrected chi connectivity index (χ0v) is 17.0. The largest absolute Gasteiger partial charge is 0.297 e. The van der Waals surface area contributed by atoms with E-state index in [0.717, 1.165) is 11.1 Å². The van der Waals surface area contributed by atoms with Crippen LogP contribution in [0.25, 0.3) is 0 Å². The van der Waals surface area contributed by atoms with Crippen LogP contribution in [-0.2, 0) is 24.3 Å². The summed E-state index contributed by atoms with van der Waals surface area (Å²) in [5, 5.41) is 0. The minimum Gasteiger partial charge on any atom is -0.265 e. The Balaban J connectivity index is 1.75. The standard InChI is InChI=1S/C19H23NO5S2/c1-15-5-9-18(10-6-15)26(21,22)20-13-3-4-17(20)14-25-27(23,24)19-11-7-16(2)8-12-19/h5-12,17H,3-4,13-14H2,1-2H3/t17-/m0/s1. The predicted octanol–water partition coefficient (Wildman–Crippen LogP) is 2.86. The van der Waals surface area contributed by atoms with Gasteiger partial charge in [-0.1, -0.05) is 35.4 Å². The topological polar surface area (TPSA) is 80.8 Å². The van der Waals surface area contributed by atoms with E-state index < -0.39 is 26.2 Å². The smallest absolute Gasteiger partial charge is 0.265 e. The van der Waals surface area contributed by atoms with Crippen molar-refractivity contribution in [1.29, 1.82) is 0 Å². The van der Waals surface area contributed by atoms with Crippen LogP contribution in [0.15, 0.2) is 58.3 Å². The SMILES string of the molecule is Cc1ccc(S(=O)(=O)OC[C@@H]2CCCN2S(=O)(=O)c2ccc(C)cc2)cc1. The number of sulfonamides is 1. The van der Waals surface area contributed by atoms with E-state index in [-0.39, 0.29) is 16.4 Å². The molecular weight excluding hydrogens is 386 g/mol. The van der Waals surface area contributed by atoms with Crippen LogP contribution in [0.4, 0.5) is 0 Å². The summed E-state index contributed by atoms with van der Waals surface area (Å²) < 4.78 is 57.1. The molecule has 27 heavy (non-hydrogen) atoms. The summed E-state index contributed by atoms with van der Waals surface area (Å²) in [7, 11) is -7.61. The molecule has 0 aromatic heterocycles. The molecular formula is C19H23NO5S2. The maximum Gasteiger partial charge on any atom is 0.297 e. The Hall–Kier alpha value is -1.74. The third kappa shape index (κ3) is 4.40. The second-order valence-electron chi connectivity index (χ2n) is 6.78. The van der Waals surface area contributed by atoms with E-state index in [0.29, 0.717) is 19.4 Å². The quantitative estimate of drug-likeness (QED) is 0.686. The van der Waals surface area contributed by atoms with Crippen LogP contribution in [-0.4, -0.2) is 40.3 Å². The van der Waals surface area contributed by atoms with E-state index >= 15 is 0 Å². The van der Waals surface area contributed by atoms with Gasteiger partial charge in [0, 0.05) is 6.54 Å². The molecule has 146 valence electrons. The molecule has 1 heterocycles. The number of rotatable bonds is 6. The third-order valence-electron chi connectivity index (χ3n) is 4.68. The van der Waals surface area contributed by atoms with Gasteiger partial charge in [-0.05, 0) is 51.0 Å². The highest BCUT2D eigenvalue weighted by Crippen LogP contribution is 2.27. The first-order valence-corrected chi connectivity index (χ1v) is 11.6. The van der Waals surface area contributed by atoms with Crippen molar-refractivity contribution < 1.29 is 21.0 Å². The number of benzene rings is 2. The van der Waals surface area contributed by atoms with Gasteiger partial charge >= 0.3 is 0 Å². The lowest BCUT2D eigenvalue weighted by molar-refractivity contribution is 0.237. The molecule has 0 amide bonds. The van der Waals surface area contributed by atoms with E-state index in [2.05, 4.69) is 0 Å². The van der Waals surface area contributed by atoms with Crippen molar-refractivity contribution in [3.8, 4) is 0 Å². The van der Waals surface area contributed by atoms with Gasteiger partial charge in [-0.3, -0.25) is 4.18 Å². The first-order chi connectivity index (χ1) is 12.7. The van der Waals surface area contributed by atoms with E-state index in [1.165, 1.54) is 16.4 Å². The monoisotopic (exact) mass is 409 g/mol. The summed E-state index contributed by atoms with van der Waals surface area (Å²) in [4.78, 5) is 0.278. The normalized spacial score (nSPS) is 18.7. The van der Waals surface area contributed by atoms with Gasteiger partial charge in [-0.15, -0.1) is 0 Å². The summed E-state index contributed by atoms with van der Waals surface area (Å²) in [6, 6.07) is 12.5. The summed E-state index contributed by atoms with van der Waals surface area (Å²) in [5.41, 5.74) is 1.92. The van der Waals surface area contributed by atoms with E-state index in [9.17, 15) is 16.8 Å². The fraction of sp³-hybridized carbons (Fsp3) is 0.368. The zero-order chi connectivity index (χ0) is 19.7. The Labute approximate surface area is 161 Å². The second kappa shape index (κ2) is 7.71. The second-order valence-corrected chi connectivity index (χ2v) is 10.3. The molecule has 1 aliphatic rings. The Bertz CT molecular complexity index is 997. The molecule has 0 spiro atoms. The summed E-state index contributed by atoms with van der Waals surface area (Å²) in [6.45, 7) is 3.92. The van der Waals surface area contributed by atoms with Gasteiger partial charge in [0.15, 0.2) is 0 Å². The fourth-order valence-electron chi connectivity index (χ4n) is 3.08. The summed E-state index contributed by atoms with van der Waals surface area (Å²) in [6.07, 6.45) is 1.23. The molecule has 0 bridgehead atoms. The highest BCUT2D eigenvalue weighted by molar-refractivity contribution is 7.89. The molecule has 0 saturated carbocycles. The van der Waals surface area contributed by atoms with Gasteiger partial charge in [0.05, 0.1) is 22.4 Å². The average Bonchev–Trinajstić information content (AvgIpc) is 3.10. The first kappa shape index (κ1) is 20.0. The lowest BCUT2D eigenvalue weighted by atomic mass is 10.2. The molecule has 6 nitrogen and oxygen atoms in total. The minimum atomic E-state index is -3.93. The number of hydrogen-bond acceptors (Lipinski definition) is 5. The molecule has 8 heteroatoms. The van der Waals surface area contributed by atoms with Crippen molar-refractivity contribution in [1.82, 2.24) is 4.31 Å². The molecule has 0 aliphatic carbocycles. The molecule has 1 aliphatic heterocycles. The molecule has 2 aromatic carbocycles. The minimum absolute atomic E-state index is 0.0686. The van der Waals surface area contributed by atoms with Crippen molar-refractivity contribution in [2.45, 2.75) is 42.5 Å². The molecule has 0 unspecified atom stereocenters. The van der Waals surface area contributed by atoms with Crippen molar-refractivity contribution in [2.24, 2.45) is 0 Å². The highest BCUT2D eigenvalue weighted by Gasteiger charge is 2.36. The van der Waals surface area contributed by atoms with Gasteiger partial charge in [0.25, 0.3) is 10.1 Å². The Morgan fingerprint density at radius 3 is 1.96 bits per heavy atom. The van der Waals surface area contributed by atoms with Crippen LogP contribution >= 0.6 is 0 Å². The summed E-state index contributed by atoms with van der Waals surface area (Å²) >= 11 is 0. The van der Waals surface area contributed by atoms with Crippen LogP contribution in [0.5, 0.6) is 0 Å². The van der Waals surface area contributed by atoms with Crippen LogP contribution in [0.1, 0.15) is 24.0 Å². The molecule has 1 saturated heterocycles.